The van der Waals surface area contributed by atoms with Crippen LogP contribution >= 0.6 is 34.8 Å². The van der Waals surface area contributed by atoms with Gasteiger partial charge in [0.2, 0.25) is 0 Å². The molecular weight excluding hydrogens is 474 g/mol. The van der Waals surface area contributed by atoms with Gasteiger partial charge in [-0.05, 0) is 72.9 Å². The number of nitrogens with one attached hydrogen (secondary N) is 2. The fourth-order valence-electron chi connectivity index (χ4n) is 3.68. The van der Waals surface area contributed by atoms with E-state index in [4.69, 9.17) is 12.2 Å². The summed E-state index contributed by atoms with van der Waals surface area (Å²) in [6.45, 7) is 4.09. The molecule has 1 saturated heterocycles. The van der Waals surface area contributed by atoms with Gasteiger partial charge in [-0.15, -0.1) is 0 Å². The molecule has 7 heteroatoms. The van der Waals surface area contributed by atoms with E-state index in [1.807, 2.05) is 43.0 Å². The smallest absolute Gasteiger partial charge is 0.174 e. The van der Waals surface area contributed by atoms with E-state index in [9.17, 15) is 4.39 Å². The number of aromatic nitrogens is 2. The van der Waals surface area contributed by atoms with Crippen molar-refractivity contribution < 1.29 is 4.39 Å². The van der Waals surface area contributed by atoms with Crippen LogP contribution in [0.25, 0.3) is 0 Å². The number of nitrogens with zero attached hydrogens (tertiary/aromatic N) is 2. The van der Waals surface area contributed by atoms with Crippen LogP contribution in [0.2, 0.25) is 0 Å². The van der Waals surface area contributed by atoms with E-state index in [-0.39, 0.29) is 17.9 Å². The summed E-state index contributed by atoms with van der Waals surface area (Å²) >= 11 is 7.98. The molecule has 4 nitrogen and oxygen atoms in total. The number of H-pyrrole nitrogens is 1. The lowest BCUT2D eigenvalue weighted by Gasteiger charge is -2.28. The Kier molecular flexibility index (Phi) is 4.90. The summed E-state index contributed by atoms with van der Waals surface area (Å²) in [5.74, 6) is -0.298. The Morgan fingerprint density at radius 1 is 1.11 bits per heavy atom. The van der Waals surface area contributed by atoms with Gasteiger partial charge in [-0.25, -0.2) is 4.39 Å². The van der Waals surface area contributed by atoms with Gasteiger partial charge in [0.1, 0.15) is 5.82 Å². The minimum Gasteiger partial charge on any atom is -0.362 e. The van der Waals surface area contributed by atoms with Gasteiger partial charge in [-0.2, -0.15) is 0 Å². The second kappa shape index (κ2) is 7.20. The number of hydrogen-bond donors (Lipinski definition) is 2. The minimum absolute atomic E-state index is 0.180. The van der Waals surface area contributed by atoms with Crippen molar-refractivity contribution in [3.05, 3.63) is 80.7 Å². The highest BCUT2D eigenvalue weighted by molar-refractivity contribution is 14.1. The Balaban J connectivity index is 1.92. The predicted octanol–water partition coefficient (Wildman–Crippen LogP) is 4.95. The summed E-state index contributed by atoms with van der Waals surface area (Å²) in [5.41, 5.74) is 4.59. The Hall–Kier alpha value is -2.00. The number of benzene rings is 1. The molecule has 0 amide bonds. The lowest BCUT2D eigenvalue weighted by molar-refractivity contribution is 0.555. The van der Waals surface area contributed by atoms with Crippen LogP contribution in [-0.2, 0) is 0 Å². The summed E-state index contributed by atoms with van der Waals surface area (Å²) in [7, 11) is 0. The van der Waals surface area contributed by atoms with Gasteiger partial charge in [-0.3, -0.25) is 4.98 Å². The molecule has 2 unspecified atom stereocenters. The third-order valence-electron chi connectivity index (χ3n) is 4.85. The second-order valence-electron chi connectivity index (χ2n) is 6.55. The Bertz CT molecular complexity index is 1000. The third kappa shape index (κ3) is 3.12. The molecule has 138 valence electrons. The highest BCUT2D eigenvalue weighted by Crippen LogP contribution is 2.45. The lowest BCUT2D eigenvalue weighted by atomic mass is 9.96. The SMILES string of the molecule is Cc1[nH]c(C)c(C2C(c3ccccn3)NC(=S)N2c2ccccc2F)c1I. The number of aryl methyl sites for hydroxylation is 2. The standard InChI is InChI=1S/C20H18FIN4S/c1-11-16(17(22)12(2)24-11)19-18(14-8-5-6-10-23-14)25-20(27)26(19)15-9-4-3-7-13(15)21/h3-10,18-19,24H,1-2H3,(H,25,27). The minimum atomic E-state index is -0.298. The van der Waals surface area contributed by atoms with Crippen LogP contribution in [0, 0.1) is 23.2 Å². The molecule has 1 aliphatic rings. The fourth-order valence-corrected chi connectivity index (χ4v) is 4.87. The number of rotatable bonds is 3. The topological polar surface area (TPSA) is 44.0 Å². The molecule has 1 fully saturated rings. The highest BCUT2D eigenvalue weighted by atomic mass is 127. The Morgan fingerprint density at radius 3 is 2.48 bits per heavy atom. The normalized spacial score (nSPS) is 19.4. The molecule has 3 heterocycles. The summed E-state index contributed by atoms with van der Waals surface area (Å²) in [4.78, 5) is 9.82. The molecule has 0 saturated carbocycles. The number of hydrogen-bond acceptors (Lipinski definition) is 2. The maximum atomic E-state index is 14.7. The molecule has 1 aliphatic heterocycles. The molecule has 0 aliphatic carbocycles. The lowest BCUT2D eigenvalue weighted by Crippen LogP contribution is -2.30. The first-order valence-electron chi connectivity index (χ1n) is 8.58. The van der Waals surface area contributed by atoms with Crippen LogP contribution in [0.1, 0.15) is 34.7 Å². The molecule has 2 N–H and O–H groups in total. The largest absolute Gasteiger partial charge is 0.362 e. The van der Waals surface area contributed by atoms with Crippen LogP contribution in [0.15, 0.2) is 48.7 Å². The first-order valence-corrected chi connectivity index (χ1v) is 10.1. The number of para-hydroxylation sites is 1. The molecule has 4 rings (SSSR count). The number of halogens is 2. The number of thiocarbonyl (C=S) groups is 1. The zero-order valence-corrected chi connectivity index (χ0v) is 17.8. The average Bonchev–Trinajstić information content (AvgIpc) is 3.12. The Morgan fingerprint density at radius 2 is 1.85 bits per heavy atom. The average molecular weight is 492 g/mol. The van der Waals surface area contributed by atoms with Crippen molar-refractivity contribution in [2.75, 3.05) is 4.90 Å². The van der Waals surface area contributed by atoms with Gasteiger partial charge >= 0.3 is 0 Å². The van der Waals surface area contributed by atoms with E-state index in [1.54, 1.807) is 18.3 Å². The highest BCUT2D eigenvalue weighted by Gasteiger charge is 2.43. The first kappa shape index (κ1) is 18.4. The second-order valence-corrected chi connectivity index (χ2v) is 8.02. The summed E-state index contributed by atoms with van der Waals surface area (Å²) in [6, 6.07) is 12.2. The number of aromatic amines is 1. The van der Waals surface area contributed by atoms with Crippen molar-refractivity contribution >= 4 is 45.6 Å². The summed E-state index contributed by atoms with van der Waals surface area (Å²) in [5, 5.41) is 3.86. The molecule has 27 heavy (non-hydrogen) atoms. The van der Waals surface area contributed by atoms with Crippen molar-refractivity contribution in [1.82, 2.24) is 15.3 Å². The van der Waals surface area contributed by atoms with E-state index < -0.39 is 0 Å². The van der Waals surface area contributed by atoms with Crippen LogP contribution in [0.4, 0.5) is 10.1 Å². The molecule has 0 bridgehead atoms. The monoisotopic (exact) mass is 492 g/mol. The van der Waals surface area contributed by atoms with Crippen molar-refractivity contribution in [3.8, 4) is 0 Å². The molecule has 2 aromatic heterocycles. The molecular formula is C20H18FIN4S. The zero-order chi connectivity index (χ0) is 19.1. The van der Waals surface area contributed by atoms with Gasteiger partial charge in [0.05, 0.1) is 23.5 Å². The van der Waals surface area contributed by atoms with Gasteiger partial charge in [0.15, 0.2) is 5.11 Å². The van der Waals surface area contributed by atoms with Crippen molar-refractivity contribution in [2.45, 2.75) is 25.9 Å². The van der Waals surface area contributed by atoms with Gasteiger partial charge < -0.3 is 15.2 Å². The van der Waals surface area contributed by atoms with E-state index in [2.05, 4.69) is 37.9 Å². The Labute approximate surface area is 176 Å². The predicted molar refractivity (Wildman–Crippen MR) is 117 cm³/mol. The maximum Gasteiger partial charge on any atom is 0.174 e. The van der Waals surface area contributed by atoms with Crippen LogP contribution < -0.4 is 10.2 Å². The van der Waals surface area contributed by atoms with Crippen molar-refractivity contribution in [3.63, 3.8) is 0 Å². The van der Waals surface area contributed by atoms with Gasteiger partial charge in [0.25, 0.3) is 0 Å². The summed E-state index contributed by atoms with van der Waals surface area (Å²) < 4.78 is 15.8. The van der Waals surface area contributed by atoms with E-state index in [0.29, 0.717) is 10.8 Å². The number of anilines is 1. The van der Waals surface area contributed by atoms with Crippen molar-refractivity contribution in [1.29, 1.82) is 0 Å². The van der Waals surface area contributed by atoms with Crippen LogP contribution in [0.5, 0.6) is 0 Å². The van der Waals surface area contributed by atoms with Crippen LogP contribution in [-0.4, -0.2) is 15.1 Å². The first-order chi connectivity index (χ1) is 13.0. The van der Waals surface area contributed by atoms with Gasteiger partial charge in [-0.1, -0.05) is 18.2 Å². The fraction of sp³-hybridized carbons (Fsp3) is 0.200. The maximum absolute atomic E-state index is 14.7. The zero-order valence-electron chi connectivity index (χ0n) is 14.8. The molecule has 1 aromatic carbocycles. The third-order valence-corrected chi connectivity index (χ3v) is 6.56. The van der Waals surface area contributed by atoms with E-state index >= 15 is 0 Å². The molecule has 0 spiro atoms. The molecule has 3 aromatic rings. The number of pyridine rings is 1. The summed E-state index contributed by atoms with van der Waals surface area (Å²) in [6.07, 6.45) is 1.77. The van der Waals surface area contributed by atoms with E-state index in [0.717, 1.165) is 26.2 Å². The van der Waals surface area contributed by atoms with Crippen molar-refractivity contribution in [2.24, 2.45) is 0 Å². The molecule has 0 radical (unpaired) electrons. The van der Waals surface area contributed by atoms with Crippen LogP contribution in [0.3, 0.4) is 0 Å². The van der Waals surface area contributed by atoms with E-state index in [1.165, 1.54) is 6.07 Å². The quantitative estimate of drug-likeness (QED) is 0.402. The van der Waals surface area contributed by atoms with Gasteiger partial charge in [0, 0.05) is 26.7 Å². The molecule has 2 atom stereocenters.